The van der Waals surface area contributed by atoms with Crippen LogP contribution in [0.1, 0.15) is 29.8 Å². The standard InChI is InChI=1S/C28H28N2O6/c1-4-34-17-24(36-28(33)19(2)3)18-35-23-13-10-21(11-14-23)29-30-22-12-15-26(31)25(16-22)27(32)20-8-6-5-7-9-20/h5-16,24,31H,2,4,17-18H2,1,3H3. The van der Waals surface area contributed by atoms with Crippen molar-refractivity contribution in [2.75, 3.05) is 19.8 Å². The third-order valence-electron chi connectivity index (χ3n) is 4.94. The zero-order valence-electron chi connectivity index (χ0n) is 20.2. The molecule has 0 bridgehead atoms. The molecule has 1 N–H and O–H groups in total. The Morgan fingerprint density at radius 1 is 0.944 bits per heavy atom. The summed E-state index contributed by atoms with van der Waals surface area (Å²) in [6.45, 7) is 7.83. The van der Waals surface area contributed by atoms with Crippen molar-refractivity contribution in [2.24, 2.45) is 10.2 Å². The number of rotatable bonds is 12. The monoisotopic (exact) mass is 488 g/mol. The highest BCUT2D eigenvalue weighted by Gasteiger charge is 2.17. The molecule has 3 rings (SSSR count). The first kappa shape index (κ1) is 26.3. The summed E-state index contributed by atoms with van der Waals surface area (Å²) in [6.07, 6.45) is -0.573. The van der Waals surface area contributed by atoms with Crippen LogP contribution >= 0.6 is 0 Å². The maximum atomic E-state index is 12.7. The van der Waals surface area contributed by atoms with E-state index in [4.69, 9.17) is 14.2 Å². The summed E-state index contributed by atoms with van der Waals surface area (Å²) >= 11 is 0. The smallest absolute Gasteiger partial charge is 0.333 e. The number of nitrogens with zero attached hydrogens (tertiary/aromatic N) is 2. The van der Waals surface area contributed by atoms with Crippen LogP contribution in [-0.4, -0.2) is 42.8 Å². The first-order chi connectivity index (χ1) is 17.4. The number of esters is 1. The van der Waals surface area contributed by atoms with Crippen LogP contribution in [-0.2, 0) is 14.3 Å². The molecule has 186 valence electrons. The van der Waals surface area contributed by atoms with Crippen molar-refractivity contribution in [1.82, 2.24) is 0 Å². The number of ether oxygens (including phenoxy) is 3. The number of aromatic hydroxyl groups is 1. The number of phenols is 1. The molecule has 0 radical (unpaired) electrons. The average molecular weight is 489 g/mol. The van der Waals surface area contributed by atoms with Crippen molar-refractivity contribution >= 4 is 23.1 Å². The Morgan fingerprint density at radius 2 is 1.61 bits per heavy atom. The van der Waals surface area contributed by atoms with E-state index < -0.39 is 12.1 Å². The van der Waals surface area contributed by atoms with Crippen molar-refractivity contribution in [2.45, 2.75) is 20.0 Å². The van der Waals surface area contributed by atoms with E-state index in [0.717, 1.165) is 0 Å². The molecule has 0 aromatic heterocycles. The van der Waals surface area contributed by atoms with Gasteiger partial charge in [-0.15, -0.1) is 0 Å². The number of carbonyl (C=O) groups excluding carboxylic acids is 2. The molecule has 0 aliphatic carbocycles. The van der Waals surface area contributed by atoms with E-state index in [1.54, 1.807) is 61.5 Å². The lowest BCUT2D eigenvalue weighted by Crippen LogP contribution is -2.30. The van der Waals surface area contributed by atoms with E-state index in [0.29, 0.717) is 34.9 Å². The van der Waals surface area contributed by atoms with E-state index in [1.165, 1.54) is 12.1 Å². The summed E-state index contributed by atoms with van der Waals surface area (Å²) in [4.78, 5) is 24.5. The Morgan fingerprint density at radius 3 is 2.28 bits per heavy atom. The van der Waals surface area contributed by atoms with Gasteiger partial charge in [-0.05, 0) is 56.3 Å². The third-order valence-corrected chi connectivity index (χ3v) is 4.94. The van der Waals surface area contributed by atoms with Gasteiger partial charge in [-0.25, -0.2) is 4.79 Å². The van der Waals surface area contributed by atoms with Crippen LogP contribution in [0.2, 0.25) is 0 Å². The molecule has 1 unspecified atom stereocenters. The molecule has 0 spiro atoms. The minimum absolute atomic E-state index is 0.117. The molecule has 0 fully saturated rings. The zero-order valence-corrected chi connectivity index (χ0v) is 20.2. The minimum Gasteiger partial charge on any atom is -0.507 e. The second-order valence-electron chi connectivity index (χ2n) is 7.87. The van der Waals surface area contributed by atoms with E-state index in [9.17, 15) is 14.7 Å². The fourth-order valence-corrected chi connectivity index (χ4v) is 3.04. The number of benzene rings is 3. The largest absolute Gasteiger partial charge is 0.507 e. The van der Waals surface area contributed by atoms with Gasteiger partial charge in [-0.3, -0.25) is 4.79 Å². The Bertz CT molecular complexity index is 1220. The van der Waals surface area contributed by atoms with Crippen LogP contribution in [0.3, 0.4) is 0 Å². The molecule has 0 amide bonds. The van der Waals surface area contributed by atoms with Crippen LogP contribution in [0.4, 0.5) is 11.4 Å². The zero-order chi connectivity index (χ0) is 25.9. The normalized spacial score (nSPS) is 11.7. The van der Waals surface area contributed by atoms with Gasteiger partial charge in [0.1, 0.15) is 18.1 Å². The molecule has 0 heterocycles. The van der Waals surface area contributed by atoms with Crippen molar-refractivity contribution in [3.8, 4) is 11.5 Å². The summed E-state index contributed by atoms with van der Waals surface area (Å²) in [5.74, 6) is -0.367. The highest BCUT2D eigenvalue weighted by Crippen LogP contribution is 2.27. The molecular weight excluding hydrogens is 460 g/mol. The number of ketones is 1. The first-order valence-electron chi connectivity index (χ1n) is 11.4. The number of hydrogen-bond donors (Lipinski definition) is 1. The Balaban J connectivity index is 1.63. The fraction of sp³-hybridized carbons (Fsp3) is 0.214. The lowest BCUT2D eigenvalue weighted by molar-refractivity contribution is -0.149. The Labute approximate surface area is 209 Å². The number of azo groups is 1. The predicted octanol–water partition coefficient (Wildman–Crippen LogP) is 5.94. The van der Waals surface area contributed by atoms with E-state index in [2.05, 4.69) is 16.8 Å². The maximum Gasteiger partial charge on any atom is 0.333 e. The van der Waals surface area contributed by atoms with Crippen molar-refractivity contribution in [3.05, 3.63) is 96.1 Å². The van der Waals surface area contributed by atoms with Gasteiger partial charge in [0.15, 0.2) is 11.9 Å². The SMILES string of the molecule is C=C(C)C(=O)OC(COCC)COc1ccc(N=Nc2ccc(O)c(C(=O)c3ccccc3)c2)cc1. The summed E-state index contributed by atoms with van der Waals surface area (Å²) in [5, 5.41) is 18.5. The van der Waals surface area contributed by atoms with Gasteiger partial charge in [0, 0.05) is 17.7 Å². The van der Waals surface area contributed by atoms with Gasteiger partial charge < -0.3 is 19.3 Å². The Kier molecular flexibility index (Phi) is 9.48. The quantitative estimate of drug-likeness (QED) is 0.146. The molecule has 0 saturated heterocycles. The van der Waals surface area contributed by atoms with Gasteiger partial charge in [-0.2, -0.15) is 10.2 Å². The average Bonchev–Trinajstić information content (AvgIpc) is 2.90. The molecule has 3 aromatic carbocycles. The molecule has 8 heteroatoms. The Hall–Kier alpha value is -4.30. The number of hydrogen-bond acceptors (Lipinski definition) is 8. The number of carbonyl (C=O) groups is 2. The van der Waals surface area contributed by atoms with Gasteiger partial charge in [0.25, 0.3) is 0 Å². The van der Waals surface area contributed by atoms with Gasteiger partial charge >= 0.3 is 5.97 Å². The maximum absolute atomic E-state index is 12.7. The highest BCUT2D eigenvalue weighted by molar-refractivity contribution is 6.11. The van der Waals surface area contributed by atoms with Crippen LogP contribution in [0.5, 0.6) is 11.5 Å². The second-order valence-corrected chi connectivity index (χ2v) is 7.87. The van der Waals surface area contributed by atoms with Crippen molar-refractivity contribution < 1.29 is 28.9 Å². The van der Waals surface area contributed by atoms with Gasteiger partial charge in [0.2, 0.25) is 0 Å². The van der Waals surface area contributed by atoms with E-state index in [-0.39, 0.29) is 30.3 Å². The molecular formula is C28H28N2O6. The van der Waals surface area contributed by atoms with Crippen molar-refractivity contribution in [3.63, 3.8) is 0 Å². The molecule has 3 aromatic rings. The number of phenolic OH excluding ortho intramolecular Hbond substituents is 1. The van der Waals surface area contributed by atoms with Crippen LogP contribution in [0.15, 0.2) is 95.2 Å². The lowest BCUT2D eigenvalue weighted by atomic mass is 10.0. The first-order valence-corrected chi connectivity index (χ1v) is 11.4. The van der Waals surface area contributed by atoms with Gasteiger partial charge in [-0.1, -0.05) is 36.9 Å². The third kappa shape index (κ3) is 7.61. The predicted molar refractivity (Wildman–Crippen MR) is 135 cm³/mol. The molecule has 8 nitrogen and oxygen atoms in total. The molecule has 0 aliphatic rings. The van der Waals surface area contributed by atoms with E-state index in [1.807, 2.05) is 13.0 Å². The van der Waals surface area contributed by atoms with Crippen LogP contribution in [0, 0.1) is 0 Å². The molecule has 1 atom stereocenters. The minimum atomic E-state index is -0.573. The fourth-order valence-electron chi connectivity index (χ4n) is 3.04. The molecule has 0 saturated carbocycles. The summed E-state index contributed by atoms with van der Waals surface area (Å²) in [7, 11) is 0. The molecule has 36 heavy (non-hydrogen) atoms. The summed E-state index contributed by atoms with van der Waals surface area (Å²) < 4.78 is 16.4. The van der Waals surface area contributed by atoms with Crippen LogP contribution in [0.25, 0.3) is 0 Å². The van der Waals surface area contributed by atoms with Crippen LogP contribution < -0.4 is 4.74 Å². The molecule has 0 aliphatic heterocycles. The summed E-state index contributed by atoms with van der Waals surface area (Å²) in [6, 6.07) is 20.0. The summed E-state index contributed by atoms with van der Waals surface area (Å²) in [5.41, 5.74) is 1.90. The highest BCUT2D eigenvalue weighted by atomic mass is 16.6. The van der Waals surface area contributed by atoms with E-state index >= 15 is 0 Å². The topological polar surface area (TPSA) is 107 Å². The lowest BCUT2D eigenvalue weighted by Gasteiger charge is -2.18. The second kappa shape index (κ2) is 13.0. The van der Waals surface area contributed by atoms with Gasteiger partial charge in [0.05, 0.1) is 23.5 Å². The van der Waals surface area contributed by atoms with Crippen molar-refractivity contribution in [1.29, 1.82) is 0 Å².